The van der Waals surface area contributed by atoms with Gasteiger partial charge in [-0.15, -0.1) is 0 Å². The number of rotatable bonds is 2. The number of anilines is 2. The van der Waals surface area contributed by atoms with Gasteiger partial charge in [-0.25, -0.2) is 4.48 Å². The Morgan fingerprint density at radius 1 is 1.07 bits per heavy atom. The fraction of sp³-hybridized carbons (Fsp3) is 0.0455. The van der Waals surface area contributed by atoms with Crippen LogP contribution >= 0.6 is 11.6 Å². The summed E-state index contributed by atoms with van der Waals surface area (Å²) in [5, 5.41) is 5.10. The summed E-state index contributed by atoms with van der Waals surface area (Å²) in [4.78, 5) is 7.68. The molecule has 0 saturated carbocycles. The molecule has 0 saturated heterocycles. The maximum absolute atomic E-state index is 6.34. The van der Waals surface area contributed by atoms with Crippen molar-refractivity contribution >= 4 is 45.3 Å². The lowest BCUT2D eigenvalue weighted by molar-refractivity contribution is 0.608. The summed E-state index contributed by atoms with van der Waals surface area (Å²) in [5.74, 6) is 0. The van der Waals surface area contributed by atoms with E-state index in [1.165, 1.54) is 0 Å². The number of nitrogen functional groups attached to an aromatic ring is 1. The summed E-state index contributed by atoms with van der Waals surface area (Å²) in [6.07, 6.45) is 7.56. The number of benzene rings is 2. The van der Waals surface area contributed by atoms with Gasteiger partial charge in [-0.1, -0.05) is 11.6 Å². The molecule has 0 amide bonds. The highest BCUT2D eigenvalue weighted by atomic mass is 35.5. The van der Waals surface area contributed by atoms with Crippen LogP contribution in [0.25, 0.3) is 22.2 Å². The maximum Gasteiger partial charge on any atom is 0.166 e. The molecule has 2 aromatic heterocycles. The summed E-state index contributed by atoms with van der Waals surface area (Å²) < 4.78 is 0.542. The molecule has 28 heavy (non-hydrogen) atoms. The van der Waals surface area contributed by atoms with Gasteiger partial charge in [-0.05, 0) is 30.3 Å². The van der Waals surface area contributed by atoms with Gasteiger partial charge in [-0.3, -0.25) is 4.98 Å². The van der Waals surface area contributed by atoms with Crippen LogP contribution < -0.4 is 15.5 Å². The fourth-order valence-corrected chi connectivity index (χ4v) is 3.99. The molecule has 2 aromatic carbocycles. The average molecular weight is 389 g/mol. The van der Waals surface area contributed by atoms with Crippen LogP contribution in [0.5, 0.6) is 0 Å². The van der Waals surface area contributed by atoms with E-state index in [-0.39, 0.29) is 0 Å². The number of aromatic nitrogens is 2. The number of halogens is 1. The molecule has 5 rings (SSSR count). The van der Waals surface area contributed by atoms with Gasteiger partial charge < -0.3 is 16.0 Å². The molecule has 6 heteroatoms. The lowest BCUT2D eigenvalue weighted by atomic mass is 10.1. The Morgan fingerprint density at radius 2 is 1.96 bits per heavy atom. The van der Waals surface area contributed by atoms with Crippen molar-refractivity contribution in [1.29, 1.82) is 0 Å². The van der Waals surface area contributed by atoms with Crippen molar-refractivity contribution in [2.45, 2.75) is 0 Å². The van der Waals surface area contributed by atoms with Crippen molar-refractivity contribution in [2.75, 3.05) is 18.1 Å². The summed E-state index contributed by atoms with van der Waals surface area (Å²) >= 11 is 6.34. The van der Waals surface area contributed by atoms with Crippen LogP contribution in [0.15, 0.2) is 73.3 Å². The highest BCUT2D eigenvalue weighted by Crippen LogP contribution is 2.43. The average Bonchev–Trinajstić information content (AvgIpc) is 3.11. The number of H-pyrrole nitrogens is 1. The van der Waals surface area contributed by atoms with E-state index in [4.69, 9.17) is 17.3 Å². The minimum Gasteiger partial charge on any atom is -0.399 e. The highest BCUT2D eigenvalue weighted by Gasteiger charge is 2.31. The Bertz CT molecular complexity index is 1240. The zero-order chi connectivity index (χ0) is 19.3. The number of hydrogen-bond donors (Lipinski definition) is 3. The largest absolute Gasteiger partial charge is 0.399 e. The molecule has 0 spiro atoms. The Balaban J connectivity index is 1.64. The molecule has 1 atom stereocenters. The first-order valence-electron chi connectivity index (χ1n) is 8.98. The lowest BCUT2D eigenvalue weighted by Gasteiger charge is -2.33. The van der Waals surface area contributed by atoms with Crippen molar-refractivity contribution in [3.05, 3.63) is 78.3 Å². The van der Waals surface area contributed by atoms with Gasteiger partial charge in [-0.2, -0.15) is 0 Å². The zero-order valence-corrected chi connectivity index (χ0v) is 16.0. The Morgan fingerprint density at radius 3 is 2.82 bits per heavy atom. The van der Waals surface area contributed by atoms with E-state index in [1.54, 1.807) is 18.5 Å². The monoisotopic (exact) mass is 388 g/mol. The second-order valence-electron chi connectivity index (χ2n) is 7.12. The molecule has 3 heterocycles. The standard InChI is InChI=1S/C22H19ClN5/c1-28(9-8-26-21-11-15(24)3-5-22(21)28)16-4-2-14-10-20(27-19(14)12-16)17-13-25-7-6-18(17)23/h2-13,26-27H,24H2,1H3/q+1. The number of aromatic amines is 1. The summed E-state index contributed by atoms with van der Waals surface area (Å²) in [5.41, 5.74) is 12.9. The number of pyridine rings is 1. The number of fused-ring (bicyclic) bond motifs is 2. The molecule has 138 valence electrons. The summed E-state index contributed by atoms with van der Waals surface area (Å²) in [7, 11) is 2.16. The second-order valence-corrected chi connectivity index (χ2v) is 7.53. The molecular formula is C22H19ClN5+. The van der Waals surface area contributed by atoms with Crippen LogP contribution in [-0.4, -0.2) is 17.0 Å². The van der Waals surface area contributed by atoms with E-state index in [2.05, 4.69) is 58.9 Å². The topological polar surface area (TPSA) is 66.7 Å². The lowest BCUT2D eigenvalue weighted by Crippen LogP contribution is -2.35. The molecule has 0 bridgehead atoms. The number of nitrogens with two attached hydrogens (primary N) is 1. The van der Waals surface area contributed by atoms with Gasteiger partial charge in [0.05, 0.1) is 23.8 Å². The molecule has 1 unspecified atom stereocenters. The summed E-state index contributed by atoms with van der Waals surface area (Å²) in [6, 6.07) is 16.3. The van der Waals surface area contributed by atoms with Gasteiger partial charge in [0.15, 0.2) is 5.69 Å². The number of quaternary nitrogens is 1. The number of hydrogen-bond acceptors (Lipinski definition) is 3. The minimum atomic E-state index is 0.542. The third-order valence-electron chi connectivity index (χ3n) is 5.33. The molecule has 4 N–H and O–H groups in total. The first kappa shape index (κ1) is 16.9. The molecule has 1 aliphatic heterocycles. The van der Waals surface area contributed by atoms with Gasteiger partial charge in [0.25, 0.3) is 0 Å². The van der Waals surface area contributed by atoms with Crippen LogP contribution in [-0.2, 0) is 0 Å². The molecule has 5 nitrogen and oxygen atoms in total. The quantitative estimate of drug-likeness (QED) is 0.308. The predicted molar refractivity (Wildman–Crippen MR) is 118 cm³/mol. The van der Waals surface area contributed by atoms with E-state index in [1.807, 2.05) is 18.3 Å². The summed E-state index contributed by atoms with van der Waals surface area (Å²) in [6.45, 7) is 0. The predicted octanol–water partition coefficient (Wildman–Crippen LogP) is 5.63. The third-order valence-corrected chi connectivity index (χ3v) is 5.66. The molecule has 0 fully saturated rings. The van der Waals surface area contributed by atoms with E-state index < -0.39 is 0 Å². The minimum absolute atomic E-state index is 0.542. The van der Waals surface area contributed by atoms with Gasteiger partial charge in [0, 0.05) is 52.9 Å². The molecule has 0 radical (unpaired) electrons. The van der Waals surface area contributed by atoms with Crippen molar-refractivity contribution < 1.29 is 0 Å². The van der Waals surface area contributed by atoms with Crippen molar-refractivity contribution in [3.63, 3.8) is 0 Å². The van der Waals surface area contributed by atoms with Crippen molar-refractivity contribution in [2.24, 2.45) is 0 Å². The third kappa shape index (κ3) is 2.56. The zero-order valence-electron chi connectivity index (χ0n) is 15.3. The maximum atomic E-state index is 6.34. The van der Waals surface area contributed by atoms with E-state index in [9.17, 15) is 0 Å². The van der Waals surface area contributed by atoms with Crippen LogP contribution in [0, 0.1) is 0 Å². The Kier molecular flexibility index (Phi) is 3.69. The molecular weight excluding hydrogens is 370 g/mol. The molecule has 1 aliphatic rings. The fourth-order valence-electron chi connectivity index (χ4n) is 3.78. The SMILES string of the molecule is C[N+]1(c2ccc3cc(-c4cnccc4Cl)[nH]c3c2)C=CNc2cc(N)ccc21. The highest BCUT2D eigenvalue weighted by molar-refractivity contribution is 6.33. The van der Waals surface area contributed by atoms with Crippen molar-refractivity contribution in [1.82, 2.24) is 14.5 Å². The second kappa shape index (κ2) is 6.12. The normalized spacial score (nSPS) is 18.1. The van der Waals surface area contributed by atoms with Crippen LogP contribution in [0.2, 0.25) is 5.02 Å². The van der Waals surface area contributed by atoms with Crippen LogP contribution in [0.3, 0.4) is 0 Å². The van der Waals surface area contributed by atoms with E-state index in [0.29, 0.717) is 9.51 Å². The van der Waals surface area contributed by atoms with E-state index >= 15 is 0 Å². The van der Waals surface area contributed by atoms with Gasteiger partial charge in [0.1, 0.15) is 17.6 Å². The van der Waals surface area contributed by atoms with Gasteiger partial charge in [0.2, 0.25) is 0 Å². The molecule has 4 aromatic rings. The van der Waals surface area contributed by atoms with Gasteiger partial charge >= 0.3 is 0 Å². The first-order valence-corrected chi connectivity index (χ1v) is 9.36. The van der Waals surface area contributed by atoms with Crippen molar-refractivity contribution in [3.8, 4) is 11.3 Å². The van der Waals surface area contributed by atoms with Crippen LogP contribution in [0.4, 0.5) is 22.7 Å². The number of nitrogens with zero attached hydrogens (tertiary/aromatic N) is 2. The van der Waals surface area contributed by atoms with E-state index in [0.717, 1.165) is 44.9 Å². The molecule has 0 aliphatic carbocycles. The number of nitrogens with one attached hydrogen (secondary N) is 2. The Labute approximate surface area is 167 Å². The smallest absolute Gasteiger partial charge is 0.166 e. The first-order chi connectivity index (χ1) is 13.5. The Hall–Kier alpha value is -3.28. The van der Waals surface area contributed by atoms with Crippen LogP contribution in [0.1, 0.15) is 0 Å².